The number of carbonyl (C=O) groups is 1. The fourth-order valence-electron chi connectivity index (χ4n) is 2.33. The van der Waals surface area contributed by atoms with E-state index in [0.29, 0.717) is 16.1 Å². The van der Waals surface area contributed by atoms with Gasteiger partial charge >= 0.3 is 0 Å². The number of primary sulfonamides is 1. The lowest BCUT2D eigenvalue weighted by Gasteiger charge is -2.08. The highest BCUT2D eigenvalue weighted by molar-refractivity contribution is 7.89. The Balaban J connectivity index is 2.25. The molecule has 124 valence electrons. The van der Waals surface area contributed by atoms with Crippen LogP contribution >= 0.6 is 11.3 Å². The molecular formula is C16H20N2O3S2. The Kier molecular flexibility index (Phi) is 5.23. The summed E-state index contributed by atoms with van der Waals surface area (Å²) >= 11 is 1.44. The number of amides is 1. The molecule has 23 heavy (non-hydrogen) atoms. The van der Waals surface area contributed by atoms with Crippen LogP contribution in [0.4, 0.5) is 5.69 Å². The van der Waals surface area contributed by atoms with E-state index in [1.165, 1.54) is 23.0 Å². The third-order valence-electron chi connectivity index (χ3n) is 3.52. The van der Waals surface area contributed by atoms with E-state index in [0.717, 1.165) is 17.7 Å². The number of rotatable bonds is 5. The van der Waals surface area contributed by atoms with Gasteiger partial charge in [-0.3, -0.25) is 4.79 Å². The Morgan fingerprint density at radius 3 is 2.57 bits per heavy atom. The number of nitrogens with two attached hydrogens (primary N) is 1. The lowest BCUT2D eigenvalue weighted by Crippen LogP contribution is -2.15. The third-order valence-corrected chi connectivity index (χ3v) is 5.66. The number of benzene rings is 1. The van der Waals surface area contributed by atoms with Gasteiger partial charge in [0.25, 0.3) is 5.91 Å². The van der Waals surface area contributed by atoms with Gasteiger partial charge in [0, 0.05) is 10.6 Å². The van der Waals surface area contributed by atoms with Gasteiger partial charge in [0.2, 0.25) is 10.0 Å². The van der Waals surface area contributed by atoms with Gasteiger partial charge in [-0.05, 0) is 49.6 Å². The first-order chi connectivity index (χ1) is 10.7. The number of hydrogen-bond acceptors (Lipinski definition) is 4. The molecule has 5 nitrogen and oxygen atoms in total. The van der Waals surface area contributed by atoms with Gasteiger partial charge in [0.1, 0.15) is 0 Å². The number of hydrogen-bond donors (Lipinski definition) is 2. The molecule has 2 rings (SSSR count). The van der Waals surface area contributed by atoms with E-state index in [9.17, 15) is 13.2 Å². The lowest BCUT2D eigenvalue weighted by atomic mass is 10.1. The molecule has 1 aromatic carbocycles. The van der Waals surface area contributed by atoms with Gasteiger partial charge < -0.3 is 5.32 Å². The average Bonchev–Trinajstić information content (AvgIpc) is 2.82. The quantitative estimate of drug-likeness (QED) is 0.866. The molecule has 0 fully saturated rings. The van der Waals surface area contributed by atoms with Crippen molar-refractivity contribution in [3.05, 3.63) is 45.1 Å². The highest BCUT2D eigenvalue weighted by Crippen LogP contribution is 2.25. The minimum absolute atomic E-state index is 0.0179. The summed E-state index contributed by atoms with van der Waals surface area (Å²) in [5.41, 5.74) is 2.13. The molecule has 1 aromatic heterocycles. The molecular weight excluding hydrogens is 332 g/mol. The molecule has 0 unspecified atom stereocenters. The summed E-state index contributed by atoms with van der Waals surface area (Å²) in [4.78, 5) is 14.1. The topological polar surface area (TPSA) is 89.3 Å². The molecule has 0 atom stereocenters. The smallest absolute Gasteiger partial charge is 0.265 e. The van der Waals surface area contributed by atoms with Crippen LogP contribution in [0.15, 0.2) is 29.2 Å². The van der Waals surface area contributed by atoms with Gasteiger partial charge in [0.15, 0.2) is 0 Å². The first-order valence-electron chi connectivity index (χ1n) is 7.26. The lowest BCUT2D eigenvalue weighted by molar-refractivity contribution is 0.103. The Morgan fingerprint density at radius 2 is 1.96 bits per heavy atom. The molecule has 2 aromatic rings. The van der Waals surface area contributed by atoms with Crippen LogP contribution in [0.3, 0.4) is 0 Å². The SMILES string of the molecule is CCCc1cc(C(=O)Nc2ccc(C)c(S(N)(=O)=O)c2)sc1C. The zero-order chi connectivity index (χ0) is 17.2. The van der Waals surface area contributed by atoms with Gasteiger partial charge in [-0.1, -0.05) is 19.4 Å². The maximum Gasteiger partial charge on any atom is 0.265 e. The van der Waals surface area contributed by atoms with Crippen molar-refractivity contribution < 1.29 is 13.2 Å². The number of thiophene rings is 1. The van der Waals surface area contributed by atoms with Crippen molar-refractivity contribution in [2.24, 2.45) is 5.14 Å². The van der Waals surface area contributed by atoms with Crippen LogP contribution in [0.5, 0.6) is 0 Å². The van der Waals surface area contributed by atoms with Crippen LogP contribution in [0, 0.1) is 13.8 Å². The number of anilines is 1. The maximum absolute atomic E-state index is 12.3. The first kappa shape index (κ1) is 17.7. The Labute approximate surface area is 140 Å². The van der Waals surface area contributed by atoms with Crippen molar-refractivity contribution in [2.75, 3.05) is 5.32 Å². The highest BCUT2D eigenvalue weighted by atomic mass is 32.2. The monoisotopic (exact) mass is 352 g/mol. The van der Waals surface area contributed by atoms with E-state index in [1.807, 2.05) is 13.0 Å². The van der Waals surface area contributed by atoms with Crippen LogP contribution in [-0.4, -0.2) is 14.3 Å². The second kappa shape index (κ2) is 6.82. The molecule has 0 aliphatic rings. The Bertz CT molecular complexity index is 839. The molecule has 0 aliphatic carbocycles. The molecule has 0 spiro atoms. The summed E-state index contributed by atoms with van der Waals surface area (Å²) < 4.78 is 23.1. The normalized spacial score (nSPS) is 11.5. The van der Waals surface area contributed by atoms with Crippen molar-refractivity contribution in [3.63, 3.8) is 0 Å². The summed E-state index contributed by atoms with van der Waals surface area (Å²) in [6.45, 7) is 5.75. The Hall–Kier alpha value is -1.70. The summed E-state index contributed by atoms with van der Waals surface area (Å²) in [6, 6.07) is 6.57. The van der Waals surface area contributed by atoms with E-state index >= 15 is 0 Å². The van der Waals surface area contributed by atoms with E-state index in [-0.39, 0.29) is 10.8 Å². The van der Waals surface area contributed by atoms with Gasteiger partial charge in [-0.25, -0.2) is 13.6 Å². The van der Waals surface area contributed by atoms with Crippen molar-refractivity contribution in [2.45, 2.75) is 38.5 Å². The molecule has 3 N–H and O–H groups in total. The average molecular weight is 352 g/mol. The first-order valence-corrected chi connectivity index (χ1v) is 9.62. The molecule has 0 saturated heterocycles. The van der Waals surface area contributed by atoms with E-state index in [2.05, 4.69) is 12.2 Å². The van der Waals surface area contributed by atoms with Crippen molar-refractivity contribution in [3.8, 4) is 0 Å². The standard InChI is InChI=1S/C16H20N2O3S2/c1-4-5-12-8-14(22-11(12)3)16(19)18-13-7-6-10(2)15(9-13)23(17,20)21/h6-9H,4-5H2,1-3H3,(H,18,19)(H2,17,20,21). The second-order valence-corrected chi connectivity index (χ2v) is 8.21. The molecule has 1 amide bonds. The number of sulfonamides is 1. The molecule has 0 radical (unpaired) electrons. The van der Waals surface area contributed by atoms with Crippen molar-refractivity contribution in [1.82, 2.24) is 0 Å². The summed E-state index contributed by atoms with van der Waals surface area (Å²) in [6.07, 6.45) is 1.96. The minimum atomic E-state index is -3.82. The van der Waals surface area contributed by atoms with Crippen LogP contribution in [-0.2, 0) is 16.4 Å². The van der Waals surface area contributed by atoms with Crippen LogP contribution in [0.25, 0.3) is 0 Å². The van der Waals surface area contributed by atoms with E-state index < -0.39 is 10.0 Å². The van der Waals surface area contributed by atoms with E-state index in [1.54, 1.807) is 19.1 Å². The predicted molar refractivity (Wildman–Crippen MR) is 93.6 cm³/mol. The fraction of sp³-hybridized carbons (Fsp3) is 0.312. The zero-order valence-corrected chi connectivity index (χ0v) is 15.0. The summed E-state index contributed by atoms with van der Waals surface area (Å²) in [5.74, 6) is -0.246. The Morgan fingerprint density at radius 1 is 1.26 bits per heavy atom. The number of nitrogens with one attached hydrogen (secondary N) is 1. The fourth-order valence-corrected chi connectivity index (χ4v) is 4.10. The number of aryl methyl sites for hydroxylation is 3. The summed E-state index contributed by atoms with van der Waals surface area (Å²) in [5, 5.41) is 7.92. The summed E-state index contributed by atoms with van der Waals surface area (Å²) in [7, 11) is -3.82. The predicted octanol–water partition coefficient (Wildman–Crippen LogP) is 3.22. The van der Waals surface area contributed by atoms with Crippen molar-refractivity contribution >= 4 is 33.0 Å². The minimum Gasteiger partial charge on any atom is -0.321 e. The largest absolute Gasteiger partial charge is 0.321 e. The van der Waals surface area contributed by atoms with Gasteiger partial charge in [-0.15, -0.1) is 11.3 Å². The highest BCUT2D eigenvalue weighted by Gasteiger charge is 2.15. The molecule has 0 aliphatic heterocycles. The third kappa shape index (κ3) is 4.19. The van der Waals surface area contributed by atoms with Gasteiger partial charge in [-0.2, -0.15) is 0 Å². The van der Waals surface area contributed by atoms with Crippen LogP contribution in [0.1, 0.15) is 39.0 Å². The maximum atomic E-state index is 12.3. The van der Waals surface area contributed by atoms with Gasteiger partial charge in [0.05, 0.1) is 9.77 Å². The number of carbonyl (C=O) groups excluding carboxylic acids is 1. The zero-order valence-electron chi connectivity index (χ0n) is 13.3. The van der Waals surface area contributed by atoms with Crippen LogP contribution < -0.4 is 10.5 Å². The second-order valence-electron chi connectivity index (χ2n) is 5.42. The molecule has 7 heteroatoms. The van der Waals surface area contributed by atoms with Crippen molar-refractivity contribution in [1.29, 1.82) is 0 Å². The molecule has 0 bridgehead atoms. The molecule has 1 heterocycles. The molecule has 0 saturated carbocycles. The van der Waals surface area contributed by atoms with E-state index in [4.69, 9.17) is 5.14 Å². The van der Waals surface area contributed by atoms with Crippen LogP contribution in [0.2, 0.25) is 0 Å².